The first-order valence-corrected chi connectivity index (χ1v) is 8.48. The van der Waals surface area contributed by atoms with Crippen LogP contribution in [0.1, 0.15) is 73.1 Å². The highest BCUT2D eigenvalue weighted by atomic mass is 16.6. The van der Waals surface area contributed by atoms with Crippen LogP contribution in [0.4, 0.5) is 4.79 Å². The molecular weight excluding hydrogens is 264 g/mol. The second kappa shape index (κ2) is 8.02. The van der Waals surface area contributed by atoms with E-state index in [2.05, 4.69) is 19.2 Å². The predicted molar refractivity (Wildman–Crippen MR) is 87.5 cm³/mol. The summed E-state index contributed by atoms with van der Waals surface area (Å²) in [4.78, 5) is 13.9. The highest BCUT2D eigenvalue weighted by Crippen LogP contribution is 2.24. The van der Waals surface area contributed by atoms with Crippen LogP contribution < -0.4 is 5.32 Å². The molecule has 0 atom stereocenters. The van der Waals surface area contributed by atoms with E-state index in [1.54, 1.807) is 4.90 Å². The Morgan fingerprint density at radius 2 is 1.71 bits per heavy atom. The summed E-state index contributed by atoms with van der Waals surface area (Å²) in [5.41, 5.74) is -0.417. The fourth-order valence-electron chi connectivity index (χ4n) is 2.97. The third-order valence-corrected chi connectivity index (χ3v) is 4.38. The molecule has 0 heterocycles. The normalized spacial score (nSPS) is 23.2. The van der Waals surface area contributed by atoms with Gasteiger partial charge in [-0.25, -0.2) is 4.79 Å². The summed E-state index contributed by atoms with van der Waals surface area (Å²) < 4.78 is 5.45. The Labute approximate surface area is 130 Å². The van der Waals surface area contributed by atoms with E-state index < -0.39 is 5.60 Å². The highest BCUT2D eigenvalue weighted by molar-refractivity contribution is 5.68. The summed E-state index contributed by atoms with van der Waals surface area (Å²) in [5, 5.41) is 3.75. The summed E-state index contributed by atoms with van der Waals surface area (Å²) in [6, 6.07) is 1.56. The van der Waals surface area contributed by atoms with Gasteiger partial charge in [0.05, 0.1) is 0 Å². The van der Waals surface area contributed by atoms with Crippen molar-refractivity contribution in [2.75, 3.05) is 7.05 Å². The average Bonchev–Trinajstić information content (AvgIpc) is 2.42. The van der Waals surface area contributed by atoms with Crippen molar-refractivity contribution in [2.45, 2.75) is 96.9 Å². The maximum Gasteiger partial charge on any atom is 0.410 e. The van der Waals surface area contributed by atoms with Crippen LogP contribution >= 0.6 is 0 Å². The summed E-state index contributed by atoms with van der Waals surface area (Å²) >= 11 is 0. The minimum absolute atomic E-state index is 0.195. The molecule has 1 fully saturated rings. The molecule has 0 radical (unpaired) electrons. The largest absolute Gasteiger partial charge is 0.444 e. The molecule has 0 bridgehead atoms. The minimum atomic E-state index is -0.417. The molecule has 1 saturated carbocycles. The quantitative estimate of drug-likeness (QED) is 0.836. The Morgan fingerprint density at radius 1 is 1.19 bits per heavy atom. The zero-order valence-electron chi connectivity index (χ0n) is 14.7. The molecule has 0 aromatic heterocycles. The van der Waals surface area contributed by atoms with Crippen LogP contribution in [0, 0.1) is 0 Å². The standard InChI is InChI=1S/C17H34N2O2/c1-7-13(8-2)18-14-9-11-15(12-10-14)19(6)16(20)21-17(3,4)5/h13-15,18H,7-12H2,1-6H3. The Bertz CT molecular complexity index is 313. The number of carbonyl (C=O) groups is 1. The van der Waals surface area contributed by atoms with Gasteiger partial charge in [-0.1, -0.05) is 13.8 Å². The van der Waals surface area contributed by atoms with E-state index in [0.717, 1.165) is 25.7 Å². The van der Waals surface area contributed by atoms with E-state index >= 15 is 0 Å². The van der Waals surface area contributed by atoms with Gasteiger partial charge in [-0.05, 0) is 59.3 Å². The van der Waals surface area contributed by atoms with E-state index in [0.29, 0.717) is 18.1 Å². The number of nitrogens with zero attached hydrogens (tertiary/aromatic N) is 1. The second-order valence-corrected chi connectivity index (χ2v) is 7.28. The maximum absolute atomic E-state index is 12.1. The molecule has 21 heavy (non-hydrogen) atoms. The molecule has 0 aliphatic heterocycles. The van der Waals surface area contributed by atoms with Gasteiger partial charge in [0, 0.05) is 25.2 Å². The number of ether oxygens (including phenoxy) is 1. The maximum atomic E-state index is 12.1. The number of amides is 1. The molecule has 0 unspecified atom stereocenters. The van der Waals surface area contributed by atoms with Gasteiger partial charge in [-0.15, -0.1) is 0 Å². The van der Waals surface area contributed by atoms with Crippen LogP contribution in [0.3, 0.4) is 0 Å². The van der Waals surface area contributed by atoms with Gasteiger partial charge in [0.1, 0.15) is 5.60 Å². The van der Waals surface area contributed by atoms with E-state index in [4.69, 9.17) is 4.74 Å². The van der Waals surface area contributed by atoms with Gasteiger partial charge in [-0.3, -0.25) is 0 Å². The summed E-state index contributed by atoms with van der Waals surface area (Å²) in [5.74, 6) is 0. The summed E-state index contributed by atoms with van der Waals surface area (Å²) in [6.07, 6.45) is 6.60. The first-order chi connectivity index (χ1) is 9.76. The molecule has 124 valence electrons. The van der Waals surface area contributed by atoms with Crippen LogP contribution in [0.2, 0.25) is 0 Å². The molecule has 0 saturated heterocycles. The fourth-order valence-corrected chi connectivity index (χ4v) is 2.97. The van der Waals surface area contributed by atoms with Crippen molar-refractivity contribution in [1.29, 1.82) is 0 Å². The number of rotatable bonds is 5. The van der Waals surface area contributed by atoms with Gasteiger partial charge < -0.3 is 15.0 Å². The van der Waals surface area contributed by atoms with Crippen LogP contribution in [0.25, 0.3) is 0 Å². The van der Waals surface area contributed by atoms with Crippen molar-refractivity contribution in [2.24, 2.45) is 0 Å². The lowest BCUT2D eigenvalue weighted by molar-refractivity contribution is 0.0178. The Balaban J connectivity index is 2.40. The predicted octanol–water partition coefficient (Wildman–Crippen LogP) is 3.94. The first kappa shape index (κ1) is 18.3. The highest BCUT2D eigenvalue weighted by Gasteiger charge is 2.29. The Morgan fingerprint density at radius 3 is 2.14 bits per heavy atom. The summed E-state index contributed by atoms with van der Waals surface area (Å²) in [7, 11) is 1.87. The Hall–Kier alpha value is -0.770. The zero-order chi connectivity index (χ0) is 16.0. The van der Waals surface area contributed by atoms with Crippen molar-refractivity contribution < 1.29 is 9.53 Å². The fraction of sp³-hybridized carbons (Fsp3) is 0.941. The van der Waals surface area contributed by atoms with Crippen molar-refractivity contribution in [3.63, 3.8) is 0 Å². The molecule has 4 nitrogen and oxygen atoms in total. The van der Waals surface area contributed by atoms with Crippen molar-refractivity contribution in [1.82, 2.24) is 10.2 Å². The van der Waals surface area contributed by atoms with Crippen molar-refractivity contribution in [3.8, 4) is 0 Å². The number of hydrogen-bond acceptors (Lipinski definition) is 3. The van der Waals surface area contributed by atoms with Crippen LogP contribution in [0.5, 0.6) is 0 Å². The van der Waals surface area contributed by atoms with Gasteiger partial charge >= 0.3 is 6.09 Å². The smallest absolute Gasteiger partial charge is 0.410 e. The van der Waals surface area contributed by atoms with Gasteiger partial charge in [-0.2, -0.15) is 0 Å². The van der Waals surface area contributed by atoms with Crippen LogP contribution in [-0.2, 0) is 4.74 Å². The second-order valence-electron chi connectivity index (χ2n) is 7.28. The molecule has 4 heteroatoms. The van der Waals surface area contributed by atoms with Gasteiger partial charge in [0.15, 0.2) is 0 Å². The van der Waals surface area contributed by atoms with E-state index in [-0.39, 0.29) is 6.09 Å². The number of hydrogen-bond donors (Lipinski definition) is 1. The third-order valence-electron chi connectivity index (χ3n) is 4.38. The topological polar surface area (TPSA) is 41.6 Å². The van der Waals surface area contributed by atoms with E-state index in [1.807, 2.05) is 27.8 Å². The SMILES string of the molecule is CCC(CC)NC1CCC(N(C)C(=O)OC(C)(C)C)CC1. The molecule has 1 aliphatic carbocycles. The van der Waals surface area contributed by atoms with E-state index in [1.165, 1.54) is 12.8 Å². The first-order valence-electron chi connectivity index (χ1n) is 8.48. The lowest BCUT2D eigenvalue weighted by atomic mass is 9.89. The zero-order valence-corrected chi connectivity index (χ0v) is 14.7. The molecule has 1 rings (SSSR count). The van der Waals surface area contributed by atoms with Crippen molar-refractivity contribution in [3.05, 3.63) is 0 Å². The molecule has 0 aromatic carbocycles. The molecule has 1 aliphatic rings. The summed E-state index contributed by atoms with van der Waals surface area (Å²) in [6.45, 7) is 10.2. The number of carbonyl (C=O) groups excluding carboxylic acids is 1. The monoisotopic (exact) mass is 298 g/mol. The minimum Gasteiger partial charge on any atom is -0.444 e. The van der Waals surface area contributed by atoms with E-state index in [9.17, 15) is 4.79 Å². The van der Waals surface area contributed by atoms with Crippen LogP contribution in [-0.4, -0.2) is 41.8 Å². The molecule has 0 aromatic rings. The average molecular weight is 298 g/mol. The third kappa shape index (κ3) is 6.25. The molecule has 1 N–H and O–H groups in total. The van der Waals surface area contributed by atoms with Gasteiger partial charge in [0.25, 0.3) is 0 Å². The lowest BCUT2D eigenvalue weighted by Gasteiger charge is -2.36. The van der Waals surface area contributed by atoms with Gasteiger partial charge in [0.2, 0.25) is 0 Å². The Kier molecular flexibility index (Phi) is 6.98. The number of nitrogens with one attached hydrogen (secondary N) is 1. The van der Waals surface area contributed by atoms with Crippen molar-refractivity contribution >= 4 is 6.09 Å². The van der Waals surface area contributed by atoms with Crippen LogP contribution in [0.15, 0.2) is 0 Å². The molecule has 0 spiro atoms. The molecule has 1 amide bonds. The molecular formula is C17H34N2O2. The lowest BCUT2D eigenvalue weighted by Crippen LogP contribution is -2.46.